The van der Waals surface area contributed by atoms with Gasteiger partial charge in [0.1, 0.15) is 31.8 Å². The highest BCUT2D eigenvalue weighted by molar-refractivity contribution is 5.73. The summed E-state index contributed by atoms with van der Waals surface area (Å²) in [6.07, 6.45) is 22.6. The summed E-state index contributed by atoms with van der Waals surface area (Å²) < 4.78 is 65.5. The van der Waals surface area contributed by atoms with Crippen LogP contribution in [0.4, 0.5) is 0 Å². The summed E-state index contributed by atoms with van der Waals surface area (Å²) in [7, 11) is 0. The van der Waals surface area contributed by atoms with E-state index in [0.29, 0.717) is 231 Å². The molecule has 4 N–H and O–H groups in total. The number of aliphatic hydroxyl groups excluding tert-OH is 4. The molecule has 0 amide bonds. The van der Waals surface area contributed by atoms with Crippen LogP contribution in [0.2, 0.25) is 0 Å². The van der Waals surface area contributed by atoms with Gasteiger partial charge in [-0.25, -0.2) is 0 Å². The van der Waals surface area contributed by atoms with E-state index in [-0.39, 0.29) is 178 Å². The highest BCUT2D eigenvalue weighted by Gasteiger charge is 2.38. The number of esters is 12. The number of carbonyl (C=O) groups excluding carboxylic acids is 12. The maximum atomic E-state index is 13.4. The lowest BCUT2D eigenvalue weighted by Crippen LogP contribution is -2.44. The minimum atomic E-state index is -1.57. The van der Waals surface area contributed by atoms with E-state index < -0.39 is 55.7 Å². The van der Waals surface area contributed by atoms with Gasteiger partial charge < -0.3 is 77.3 Å². The van der Waals surface area contributed by atoms with E-state index in [2.05, 4.69) is 0 Å². The van der Waals surface area contributed by atoms with Gasteiger partial charge in [0.2, 0.25) is 0 Å². The van der Waals surface area contributed by atoms with Crippen molar-refractivity contribution in [3.05, 3.63) is 0 Å². The summed E-state index contributed by atoms with van der Waals surface area (Å²) in [5.74, 6) is -5.19. The monoisotopic (exact) mass is 1500 g/mol. The second-order valence-electron chi connectivity index (χ2n) is 26.5. The molecule has 0 spiro atoms. The van der Waals surface area contributed by atoms with Gasteiger partial charge in [-0.1, -0.05) is 25.7 Å². The van der Waals surface area contributed by atoms with E-state index in [0.717, 1.165) is 25.7 Å². The van der Waals surface area contributed by atoms with Crippen molar-refractivity contribution in [3.8, 4) is 0 Å². The second-order valence-corrected chi connectivity index (χ2v) is 26.5. The second kappa shape index (κ2) is 73.0. The zero-order chi connectivity index (χ0) is 77.2. The van der Waals surface area contributed by atoms with Gasteiger partial charge in [-0.05, 0) is 205 Å². The molecule has 0 aliphatic carbocycles. The average molecular weight is 1510 g/mol. The number of ether oxygens (including phenoxy) is 12. The summed E-state index contributed by atoms with van der Waals surface area (Å²) in [5.41, 5.74) is -1.57. The number of unbranched alkanes of at least 4 members (excludes halogenated alkanes) is 24. The largest absolute Gasteiger partial charge is 0.466 e. The Morgan fingerprint density at radius 3 is 0.390 bits per heavy atom. The van der Waals surface area contributed by atoms with Gasteiger partial charge in [-0.2, -0.15) is 0 Å². The van der Waals surface area contributed by atoms with Crippen molar-refractivity contribution >= 4 is 71.6 Å². The van der Waals surface area contributed by atoms with Crippen LogP contribution >= 0.6 is 0 Å². The fourth-order valence-electron chi connectivity index (χ4n) is 10.2. The number of hydrogen-bond donors (Lipinski definition) is 4. The van der Waals surface area contributed by atoms with Crippen molar-refractivity contribution in [2.75, 3.05) is 106 Å². The summed E-state index contributed by atoms with van der Waals surface area (Å²) in [4.78, 5) is 150. The summed E-state index contributed by atoms with van der Waals surface area (Å²) >= 11 is 0. The Kier molecular flexibility index (Phi) is 68.5. The normalized spacial score (nSPS) is 11.1. The van der Waals surface area contributed by atoms with Crippen molar-refractivity contribution < 1.29 is 135 Å². The van der Waals surface area contributed by atoms with Gasteiger partial charge in [0.15, 0.2) is 0 Å². The third kappa shape index (κ3) is 69.0. The molecule has 0 saturated carbocycles. The molecular weight excluding hydrogens is 1370 g/mol. The summed E-state index contributed by atoms with van der Waals surface area (Å²) in [5, 5.41) is 35.5. The zero-order valence-corrected chi connectivity index (χ0v) is 63.3. The minimum absolute atomic E-state index is 0.0526. The first kappa shape index (κ1) is 98.5. The Labute approximate surface area is 623 Å². The molecular formula is C77H132O28. The fourth-order valence-corrected chi connectivity index (χ4v) is 10.2. The standard InChI is InChI=1S/C77H132O28/c78-49-25-1-13-37-65(82)94-53-29-5-17-41-69(86)98-57-33-9-21-45-73(90)102-61-77(62-103-74(91)46-22-10-34-58-99-70(87)42-18-6-30-54-95-66(83)38-14-2-26-50-79,63-104-75(92)47-23-11-35-59-100-71(88)43-19-7-31-55-96-67(84)39-15-3-27-51-80)64-105-76(93)48-24-12-36-60-101-72(89)44-20-8-32-56-97-68(85)40-16-4-28-52-81/h78-81H,1-64H2. The molecule has 0 fully saturated rings. The van der Waals surface area contributed by atoms with E-state index in [1.807, 2.05) is 0 Å². The third-order valence-electron chi connectivity index (χ3n) is 16.6. The molecule has 28 heteroatoms. The van der Waals surface area contributed by atoms with Crippen LogP contribution in [0.3, 0.4) is 0 Å². The van der Waals surface area contributed by atoms with E-state index in [1.54, 1.807) is 0 Å². The van der Waals surface area contributed by atoms with Crippen molar-refractivity contribution in [1.82, 2.24) is 0 Å². The van der Waals surface area contributed by atoms with Crippen molar-refractivity contribution in [1.29, 1.82) is 0 Å². The SMILES string of the molecule is O=C(CCCCCO)OCCCCCC(=O)OCCCCCC(=O)OCC(COC(=O)CCCCCOC(=O)CCCCCOC(=O)CCCCCO)(COC(=O)CCCCCOC(=O)CCCCCOC(=O)CCCCCO)COC(=O)CCCCCOC(=O)CCCCCOC(=O)CCCCCO. The van der Waals surface area contributed by atoms with Crippen molar-refractivity contribution in [2.24, 2.45) is 5.41 Å². The first-order chi connectivity index (χ1) is 51.0. The molecule has 0 radical (unpaired) electrons. The number of hydrogen-bond acceptors (Lipinski definition) is 28. The molecule has 608 valence electrons. The molecule has 0 aliphatic rings. The lowest BCUT2D eigenvalue weighted by atomic mass is 9.92. The molecule has 0 aromatic rings. The first-order valence-corrected chi connectivity index (χ1v) is 39.3. The molecule has 0 aromatic carbocycles. The van der Waals surface area contributed by atoms with Crippen LogP contribution in [0, 0.1) is 5.41 Å². The minimum Gasteiger partial charge on any atom is -0.466 e. The number of aliphatic hydroxyl groups is 4. The highest BCUT2D eigenvalue weighted by Crippen LogP contribution is 2.24. The van der Waals surface area contributed by atoms with Gasteiger partial charge in [0.05, 0.1) is 52.9 Å². The predicted molar refractivity (Wildman–Crippen MR) is 384 cm³/mol. The van der Waals surface area contributed by atoms with Crippen LogP contribution in [0.1, 0.15) is 308 Å². The van der Waals surface area contributed by atoms with E-state index in [1.165, 1.54) is 0 Å². The van der Waals surface area contributed by atoms with Gasteiger partial charge >= 0.3 is 71.6 Å². The molecule has 0 aliphatic heterocycles. The Hall–Kier alpha value is -6.52. The van der Waals surface area contributed by atoms with Crippen molar-refractivity contribution in [3.63, 3.8) is 0 Å². The lowest BCUT2D eigenvalue weighted by Gasteiger charge is -2.31. The molecule has 0 rings (SSSR count). The van der Waals surface area contributed by atoms with Crippen LogP contribution in [0.15, 0.2) is 0 Å². The van der Waals surface area contributed by atoms with Crippen LogP contribution in [0.5, 0.6) is 0 Å². The Balaban J connectivity index is 5.73. The first-order valence-electron chi connectivity index (χ1n) is 39.3. The number of carbonyl (C=O) groups is 12. The average Bonchev–Trinajstić information content (AvgIpc) is 0.854. The number of rotatable bonds is 76. The van der Waals surface area contributed by atoms with Crippen molar-refractivity contribution in [2.45, 2.75) is 308 Å². The summed E-state index contributed by atoms with van der Waals surface area (Å²) in [6, 6.07) is 0. The zero-order valence-electron chi connectivity index (χ0n) is 63.3. The van der Waals surface area contributed by atoms with Gasteiger partial charge in [0.25, 0.3) is 0 Å². The van der Waals surface area contributed by atoms with Crippen LogP contribution in [0.25, 0.3) is 0 Å². The smallest absolute Gasteiger partial charge is 0.305 e. The Morgan fingerprint density at radius 1 is 0.152 bits per heavy atom. The molecule has 0 unspecified atom stereocenters. The highest BCUT2D eigenvalue weighted by atomic mass is 16.6. The molecule has 0 atom stereocenters. The molecule has 0 saturated heterocycles. The van der Waals surface area contributed by atoms with Crippen LogP contribution in [-0.2, 0) is 114 Å². The Morgan fingerprint density at radius 2 is 0.267 bits per heavy atom. The predicted octanol–water partition coefficient (Wildman–Crippen LogP) is 11.2. The summed E-state index contributed by atoms with van der Waals surface area (Å²) in [6.45, 7) is -0.0272. The maximum Gasteiger partial charge on any atom is 0.305 e. The van der Waals surface area contributed by atoms with Gasteiger partial charge in [-0.3, -0.25) is 57.5 Å². The van der Waals surface area contributed by atoms with Crippen LogP contribution < -0.4 is 0 Å². The third-order valence-corrected chi connectivity index (χ3v) is 16.6. The molecule has 105 heavy (non-hydrogen) atoms. The fraction of sp³-hybridized carbons (Fsp3) is 0.844. The Bertz CT molecular complexity index is 1970. The lowest BCUT2D eigenvalue weighted by molar-refractivity contribution is -0.171. The quantitative estimate of drug-likeness (QED) is 0.0250. The molecule has 0 aromatic heterocycles. The maximum absolute atomic E-state index is 13.4. The van der Waals surface area contributed by atoms with Gasteiger partial charge in [-0.15, -0.1) is 0 Å². The van der Waals surface area contributed by atoms with E-state index >= 15 is 0 Å². The topological polar surface area (TPSA) is 397 Å². The van der Waals surface area contributed by atoms with Gasteiger partial charge in [0, 0.05) is 103 Å². The van der Waals surface area contributed by atoms with E-state index in [9.17, 15) is 57.5 Å². The van der Waals surface area contributed by atoms with Crippen LogP contribution in [-0.4, -0.2) is 198 Å². The molecule has 0 bridgehead atoms. The van der Waals surface area contributed by atoms with E-state index in [4.69, 9.17) is 77.3 Å². The molecule has 28 nitrogen and oxygen atoms in total. The molecule has 0 heterocycles.